The van der Waals surface area contributed by atoms with Gasteiger partial charge < -0.3 is 15.4 Å². The maximum Gasteiger partial charge on any atom is 0.273 e. The van der Waals surface area contributed by atoms with Crippen LogP contribution >= 0.6 is 0 Å². The molecule has 0 unspecified atom stereocenters. The summed E-state index contributed by atoms with van der Waals surface area (Å²) in [5.41, 5.74) is 3.87. The number of amides is 1. The molecule has 1 fully saturated rings. The molecule has 3 aromatic rings. The summed E-state index contributed by atoms with van der Waals surface area (Å²) in [6, 6.07) is 17.9. The molecule has 7 nitrogen and oxygen atoms in total. The van der Waals surface area contributed by atoms with Gasteiger partial charge >= 0.3 is 0 Å². The van der Waals surface area contributed by atoms with Crippen LogP contribution in [0.4, 0.5) is 0 Å². The lowest BCUT2D eigenvalue weighted by atomic mass is 10.0. The molecule has 33 heavy (non-hydrogen) atoms. The Hall–Kier alpha value is -3.48. The van der Waals surface area contributed by atoms with Gasteiger partial charge in [0.05, 0.1) is 11.4 Å². The first-order valence-electron chi connectivity index (χ1n) is 11.8. The van der Waals surface area contributed by atoms with Gasteiger partial charge in [-0.2, -0.15) is 0 Å². The number of rotatable bonds is 11. The Morgan fingerprint density at radius 1 is 1.06 bits per heavy atom. The van der Waals surface area contributed by atoms with Crippen molar-refractivity contribution in [3.63, 3.8) is 0 Å². The van der Waals surface area contributed by atoms with Crippen LogP contribution in [0.2, 0.25) is 0 Å². The van der Waals surface area contributed by atoms with Crippen molar-refractivity contribution in [3.8, 4) is 5.69 Å². The highest BCUT2D eigenvalue weighted by Gasteiger charge is 2.27. The van der Waals surface area contributed by atoms with E-state index in [-0.39, 0.29) is 17.8 Å². The molecule has 2 aromatic carbocycles. The van der Waals surface area contributed by atoms with Crippen LogP contribution in [0.3, 0.4) is 0 Å². The fourth-order valence-electron chi connectivity index (χ4n) is 3.81. The molecule has 0 spiro atoms. The van der Waals surface area contributed by atoms with Crippen LogP contribution in [0.5, 0.6) is 0 Å². The van der Waals surface area contributed by atoms with Gasteiger partial charge in [0, 0.05) is 12.6 Å². The van der Waals surface area contributed by atoms with Gasteiger partial charge in [-0.05, 0) is 74.6 Å². The molecule has 4 rings (SSSR count). The topological polar surface area (TPSA) is 95.2 Å². The summed E-state index contributed by atoms with van der Waals surface area (Å²) >= 11 is 0. The molecule has 1 aromatic heterocycles. The second kappa shape index (κ2) is 10.9. The summed E-state index contributed by atoms with van der Waals surface area (Å²) in [5, 5.41) is 23.5. The van der Waals surface area contributed by atoms with E-state index < -0.39 is 0 Å². The minimum absolute atomic E-state index is 0.156. The van der Waals surface area contributed by atoms with E-state index in [9.17, 15) is 9.90 Å². The normalized spacial score (nSPS) is 13.8. The third-order valence-electron chi connectivity index (χ3n) is 5.77. The number of benzene rings is 2. The predicted molar refractivity (Wildman–Crippen MR) is 127 cm³/mol. The van der Waals surface area contributed by atoms with Crippen molar-refractivity contribution in [1.82, 2.24) is 20.3 Å². The first-order valence-corrected chi connectivity index (χ1v) is 11.8. The van der Waals surface area contributed by atoms with Crippen LogP contribution in [-0.4, -0.2) is 39.4 Å². The second-order valence-electron chi connectivity index (χ2n) is 8.42. The van der Waals surface area contributed by atoms with Gasteiger partial charge in [-0.3, -0.25) is 4.79 Å². The van der Waals surface area contributed by atoms with E-state index in [0.717, 1.165) is 49.9 Å². The van der Waals surface area contributed by atoms with Gasteiger partial charge in [0.15, 0.2) is 5.69 Å². The zero-order chi connectivity index (χ0) is 23.0. The Labute approximate surface area is 194 Å². The molecular formula is C26H30N5O2-. The molecular weight excluding hydrogens is 414 g/mol. The number of carbonyl (C=O) groups is 1. The summed E-state index contributed by atoms with van der Waals surface area (Å²) in [7, 11) is 0. The number of nitrogens with zero attached hydrogens (tertiary/aromatic N) is 4. The highest BCUT2D eigenvalue weighted by Crippen LogP contribution is 2.21. The Balaban J connectivity index is 1.47. The van der Waals surface area contributed by atoms with E-state index in [1.165, 1.54) is 5.56 Å². The lowest BCUT2D eigenvalue weighted by Gasteiger charge is -2.12. The van der Waals surface area contributed by atoms with Crippen LogP contribution in [-0.2, 0) is 12.8 Å². The number of hydrogen-bond donors (Lipinski definition) is 1. The fraction of sp³-hybridized carbons (Fsp3) is 0.385. The molecule has 0 saturated heterocycles. The Morgan fingerprint density at radius 3 is 2.48 bits per heavy atom. The van der Waals surface area contributed by atoms with Crippen molar-refractivity contribution in [2.75, 3.05) is 6.54 Å². The number of unbranched alkanes of at least 4 members (excludes halogenated alkanes) is 2. The quantitative estimate of drug-likeness (QED) is 0.279. The van der Waals surface area contributed by atoms with Gasteiger partial charge in [0.2, 0.25) is 0 Å². The molecule has 1 heterocycles. The summed E-state index contributed by atoms with van der Waals surface area (Å²) in [5.74, 6) is -0.387. The standard InChI is InChI=1S/C26H31N5O2/c1-2-27-25(32)20-13-17-22(18-14-20)31-23(24(29-30-31)26(33)28-21-15-16-21)12-8-4-7-11-19-9-5-3-6-10-19/h3,5-6,9-10,13-14,17-18,21H,2,4,7-8,11-12,15-16H2,1H3,(H,27,32)(H,28,33)/p-1. The maximum atomic E-state index is 12.8. The van der Waals surface area contributed by atoms with Crippen LogP contribution in [0, 0.1) is 0 Å². The van der Waals surface area contributed by atoms with Crippen LogP contribution in [0.1, 0.15) is 66.3 Å². The number of aliphatic imine (C=N–C) groups is 1. The first-order chi connectivity index (χ1) is 16.2. The fourth-order valence-corrected chi connectivity index (χ4v) is 3.81. The smallest absolute Gasteiger partial charge is 0.273 e. The maximum absolute atomic E-state index is 12.8. The van der Waals surface area contributed by atoms with E-state index in [4.69, 9.17) is 0 Å². The van der Waals surface area contributed by atoms with E-state index in [1.54, 1.807) is 16.8 Å². The van der Waals surface area contributed by atoms with Crippen molar-refractivity contribution >= 4 is 11.8 Å². The van der Waals surface area contributed by atoms with Gasteiger partial charge in [0.25, 0.3) is 5.91 Å². The molecule has 1 saturated carbocycles. The largest absolute Gasteiger partial charge is 0.858 e. The molecule has 1 aliphatic rings. The van der Waals surface area contributed by atoms with Crippen molar-refractivity contribution in [2.24, 2.45) is 4.99 Å². The third-order valence-corrected chi connectivity index (χ3v) is 5.77. The van der Waals surface area contributed by atoms with Crippen molar-refractivity contribution < 1.29 is 9.90 Å². The van der Waals surface area contributed by atoms with Crippen molar-refractivity contribution in [1.29, 1.82) is 0 Å². The van der Waals surface area contributed by atoms with E-state index in [1.807, 2.05) is 25.1 Å². The molecule has 0 aliphatic heterocycles. The average Bonchev–Trinajstić information content (AvgIpc) is 3.55. The minimum atomic E-state index is -0.231. The molecule has 172 valence electrons. The third kappa shape index (κ3) is 6.06. The van der Waals surface area contributed by atoms with Crippen molar-refractivity contribution in [3.05, 3.63) is 77.1 Å². The highest BCUT2D eigenvalue weighted by atomic mass is 16.3. The summed E-state index contributed by atoms with van der Waals surface area (Å²) in [4.78, 5) is 16.7. The summed E-state index contributed by atoms with van der Waals surface area (Å²) in [6.45, 7) is 2.29. The average molecular weight is 445 g/mol. The SMILES string of the molecule is CCN=C([O-])c1ccc(-n2nnc(C(=O)NC3CC3)c2CCCCCc2ccccc2)cc1. The van der Waals surface area contributed by atoms with Gasteiger partial charge in [-0.15, -0.1) is 5.10 Å². The molecule has 1 aliphatic carbocycles. The number of hydrogen-bond acceptors (Lipinski definition) is 5. The van der Waals surface area contributed by atoms with Crippen LogP contribution < -0.4 is 10.4 Å². The molecule has 0 atom stereocenters. The first kappa shape index (κ1) is 22.7. The second-order valence-corrected chi connectivity index (χ2v) is 8.42. The van der Waals surface area contributed by atoms with Gasteiger partial charge in [-0.25, -0.2) is 4.68 Å². The highest BCUT2D eigenvalue weighted by molar-refractivity contribution is 5.94. The predicted octanol–water partition coefficient (Wildman–Crippen LogP) is 3.24. The van der Waals surface area contributed by atoms with Crippen LogP contribution in [0.15, 0.2) is 59.6 Å². The monoisotopic (exact) mass is 444 g/mol. The zero-order valence-corrected chi connectivity index (χ0v) is 19.0. The molecule has 1 N–H and O–H groups in total. The number of nitrogens with one attached hydrogen (secondary N) is 1. The van der Waals surface area contributed by atoms with E-state index in [2.05, 4.69) is 44.9 Å². The summed E-state index contributed by atoms with van der Waals surface area (Å²) < 4.78 is 1.73. The Kier molecular flexibility index (Phi) is 7.50. The van der Waals surface area contributed by atoms with Gasteiger partial charge in [0.1, 0.15) is 0 Å². The molecule has 1 amide bonds. The Morgan fingerprint density at radius 2 is 1.79 bits per heavy atom. The number of aromatic nitrogens is 3. The van der Waals surface area contributed by atoms with E-state index >= 15 is 0 Å². The van der Waals surface area contributed by atoms with Crippen LogP contribution in [0.25, 0.3) is 5.69 Å². The lowest BCUT2D eigenvalue weighted by Crippen LogP contribution is -2.27. The van der Waals surface area contributed by atoms with E-state index in [0.29, 0.717) is 24.2 Å². The Bertz CT molecular complexity index is 1090. The molecule has 7 heteroatoms. The molecule has 0 bridgehead atoms. The number of aryl methyl sites for hydroxylation is 1. The van der Waals surface area contributed by atoms with Crippen molar-refractivity contribution in [2.45, 2.75) is 57.9 Å². The number of carbonyl (C=O) groups excluding carboxylic acids is 1. The summed E-state index contributed by atoms with van der Waals surface area (Å²) in [6.07, 6.45) is 6.88. The molecule has 0 radical (unpaired) electrons. The van der Waals surface area contributed by atoms with Gasteiger partial charge in [-0.1, -0.05) is 54.1 Å². The zero-order valence-electron chi connectivity index (χ0n) is 19.0. The minimum Gasteiger partial charge on any atom is -0.858 e. The lowest BCUT2D eigenvalue weighted by molar-refractivity contribution is -0.213.